The van der Waals surface area contributed by atoms with E-state index in [-0.39, 0.29) is 13.0 Å². The van der Waals surface area contributed by atoms with Crippen molar-refractivity contribution in [1.82, 2.24) is 5.32 Å². The van der Waals surface area contributed by atoms with E-state index in [0.29, 0.717) is 19.3 Å². The quantitative estimate of drug-likeness (QED) is 0.0195. The Hall–Kier alpha value is -1.60. The standard InChI is InChI=1S/C65H125NO10/c1-4-7-10-13-16-19-22-25-27-28-29-30-31-32-34-37-40-43-46-49-52-58(69)64(73)66-56(57(68)51-48-45-42-39-36-33-24-21-18-15-12-9-6-3)55-74-65-63(62(72)61(71)59(54-67)75-65)76-60(70)53-50-47-44-41-38-35-26-23-20-17-14-11-8-5-2/h48,51,56-59,61-63,65,67-69,71-72H,4-47,49-50,52-55H2,1-3H3,(H,66,73)/b51-48+. The maximum absolute atomic E-state index is 13.4. The van der Waals surface area contributed by atoms with Crippen molar-refractivity contribution in [3.8, 4) is 0 Å². The van der Waals surface area contributed by atoms with Crippen LogP contribution in [0.15, 0.2) is 12.2 Å². The highest BCUT2D eigenvalue weighted by atomic mass is 16.7. The molecule has 11 heteroatoms. The molecule has 0 radical (unpaired) electrons. The minimum absolute atomic E-state index is 0.131. The van der Waals surface area contributed by atoms with E-state index in [1.165, 1.54) is 225 Å². The summed E-state index contributed by atoms with van der Waals surface area (Å²) in [6, 6.07) is -1.02. The predicted octanol–water partition coefficient (Wildman–Crippen LogP) is 15.9. The van der Waals surface area contributed by atoms with Crippen molar-refractivity contribution < 1.29 is 49.3 Å². The molecule has 0 aromatic carbocycles. The van der Waals surface area contributed by atoms with Gasteiger partial charge in [0, 0.05) is 6.42 Å². The molecule has 1 aliphatic heterocycles. The molecule has 1 fully saturated rings. The molecule has 1 heterocycles. The first-order valence-electron chi connectivity index (χ1n) is 33.0. The molecule has 11 nitrogen and oxygen atoms in total. The van der Waals surface area contributed by atoms with Crippen LogP contribution in [0.25, 0.3) is 0 Å². The Bertz CT molecular complexity index is 1290. The number of nitrogens with one attached hydrogen (secondary N) is 1. The van der Waals surface area contributed by atoms with E-state index in [1.807, 2.05) is 6.08 Å². The molecule has 450 valence electrons. The third-order valence-corrected chi connectivity index (χ3v) is 15.9. The van der Waals surface area contributed by atoms with Crippen LogP contribution in [0.5, 0.6) is 0 Å². The third-order valence-electron chi connectivity index (χ3n) is 15.9. The molecule has 8 atom stereocenters. The molecular formula is C65H125NO10. The van der Waals surface area contributed by atoms with Gasteiger partial charge in [-0.05, 0) is 25.7 Å². The van der Waals surface area contributed by atoms with Gasteiger partial charge in [0.2, 0.25) is 5.91 Å². The molecule has 1 rings (SSSR count). The SMILES string of the molecule is CCCCCCCCCCCCC/C=C/C(O)C(COC1OC(CO)C(O)C(O)C1OC(=O)CCCCCCCCCCCCCCCC)NC(=O)C(O)CCCCCCCCCCCCCCCCCCCCCC. The summed E-state index contributed by atoms with van der Waals surface area (Å²) in [7, 11) is 0. The number of ether oxygens (including phenoxy) is 3. The van der Waals surface area contributed by atoms with E-state index >= 15 is 0 Å². The number of aliphatic hydroxyl groups is 5. The smallest absolute Gasteiger partial charge is 0.306 e. The zero-order valence-electron chi connectivity index (χ0n) is 49.9. The molecule has 1 aliphatic rings. The molecule has 1 amide bonds. The van der Waals surface area contributed by atoms with Gasteiger partial charge in [-0.3, -0.25) is 9.59 Å². The van der Waals surface area contributed by atoms with Gasteiger partial charge in [0.15, 0.2) is 12.4 Å². The molecule has 0 aromatic rings. The second kappa shape index (κ2) is 54.0. The second-order valence-corrected chi connectivity index (χ2v) is 23.2. The molecule has 8 unspecified atom stereocenters. The van der Waals surface area contributed by atoms with Gasteiger partial charge in [-0.25, -0.2) is 0 Å². The largest absolute Gasteiger partial charge is 0.454 e. The Balaban J connectivity index is 2.63. The minimum Gasteiger partial charge on any atom is -0.454 e. The topological polar surface area (TPSA) is 175 Å². The van der Waals surface area contributed by atoms with Gasteiger partial charge in [-0.15, -0.1) is 0 Å². The van der Waals surface area contributed by atoms with E-state index in [9.17, 15) is 35.1 Å². The van der Waals surface area contributed by atoms with Crippen LogP contribution >= 0.6 is 0 Å². The summed E-state index contributed by atoms with van der Waals surface area (Å²) < 4.78 is 17.6. The zero-order valence-corrected chi connectivity index (χ0v) is 49.9. The Morgan fingerprint density at radius 2 is 0.855 bits per heavy atom. The van der Waals surface area contributed by atoms with Gasteiger partial charge in [-0.1, -0.05) is 309 Å². The highest BCUT2D eigenvalue weighted by Crippen LogP contribution is 2.26. The van der Waals surface area contributed by atoms with Crippen molar-refractivity contribution in [2.45, 2.75) is 378 Å². The Kier molecular flexibility index (Phi) is 51.5. The summed E-state index contributed by atoms with van der Waals surface area (Å²) in [6.45, 7) is 5.84. The number of hydrogen-bond donors (Lipinski definition) is 6. The van der Waals surface area contributed by atoms with E-state index < -0.39 is 67.4 Å². The second-order valence-electron chi connectivity index (χ2n) is 23.2. The van der Waals surface area contributed by atoms with Gasteiger partial charge in [0.05, 0.1) is 25.4 Å². The molecule has 76 heavy (non-hydrogen) atoms. The zero-order chi connectivity index (χ0) is 55.4. The third kappa shape index (κ3) is 41.4. The summed E-state index contributed by atoms with van der Waals surface area (Å²) in [5, 5.41) is 57.1. The normalized spacial score (nSPS) is 19.1. The monoisotopic (exact) mass is 1080 g/mol. The van der Waals surface area contributed by atoms with E-state index in [1.54, 1.807) is 6.08 Å². The number of esters is 1. The molecule has 0 saturated carbocycles. The number of hydrogen-bond acceptors (Lipinski definition) is 10. The highest BCUT2D eigenvalue weighted by molar-refractivity contribution is 5.80. The average molecular weight is 1080 g/mol. The van der Waals surface area contributed by atoms with E-state index in [0.717, 1.165) is 57.8 Å². The van der Waals surface area contributed by atoms with Crippen LogP contribution < -0.4 is 5.32 Å². The van der Waals surface area contributed by atoms with Crippen molar-refractivity contribution in [1.29, 1.82) is 0 Å². The fraction of sp³-hybridized carbons (Fsp3) is 0.938. The molecule has 0 bridgehead atoms. The summed E-state index contributed by atoms with van der Waals surface area (Å²) >= 11 is 0. The van der Waals surface area contributed by atoms with Crippen LogP contribution in [0.4, 0.5) is 0 Å². The van der Waals surface area contributed by atoms with Crippen LogP contribution in [0.2, 0.25) is 0 Å². The van der Waals surface area contributed by atoms with Gasteiger partial charge in [0.25, 0.3) is 0 Å². The van der Waals surface area contributed by atoms with E-state index in [2.05, 4.69) is 26.1 Å². The minimum atomic E-state index is -1.61. The lowest BCUT2D eigenvalue weighted by molar-refractivity contribution is -0.305. The van der Waals surface area contributed by atoms with Crippen molar-refractivity contribution >= 4 is 11.9 Å². The first-order chi connectivity index (χ1) is 37.2. The highest BCUT2D eigenvalue weighted by Gasteiger charge is 2.47. The summed E-state index contributed by atoms with van der Waals surface area (Å²) in [5.41, 5.74) is 0. The van der Waals surface area contributed by atoms with Gasteiger partial charge in [0.1, 0.15) is 24.4 Å². The number of rotatable bonds is 57. The van der Waals surface area contributed by atoms with Crippen LogP contribution in [0.3, 0.4) is 0 Å². The van der Waals surface area contributed by atoms with Crippen molar-refractivity contribution in [2.24, 2.45) is 0 Å². The van der Waals surface area contributed by atoms with Crippen LogP contribution in [-0.4, -0.2) is 99.6 Å². The number of unbranched alkanes of at least 4 members (excludes halogenated alkanes) is 43. The summed E-state index contributed by atoms with van der Waals surface area (Å²) in [6.07, 6.45) is 51.1. The fourth-order valence-corrected chi connectivity index (χ4v) is 10.7. The van der Waals surface area contributed by atoms with Crippen molar-refractivity contribution in [2.75, 3.05) is 13.2 Å². The van der Waals surface area contributed by atoms with Gasteiger partial charge >= 0.3 is 5.97 Å². The van der Waals surface area contributed by atoms with Crippen molar-refractivity contribution in [3.63, 3.8) is 0 Å². The lowest BCUT2D eigenvalue weighted by atomic mass is 9.99. The first-order valence-corrected chi connectivity index (χ1v) is 33.0. The molecular weight excluding hydrogens is 955 g/mol. The fourth-order valence-electron chi connectivity index (χ4n) is 10.7. The summed E-state index contributed by atoms with van der Waals surface area (Å²) in [4.78, 5) is 26.6. The van der Waals surface area contributed by atoms with Crippen LogP contribution in [0, 0.1) is 0 Å². The van der Waals surface area contributed by atoms with Gasteiger partial charge < -0.3 is 45.1 Å². The Morgan fingerprint density at radius 3 is 1.24 bits per heavy atom. The van der Waals surface area contributed by atoms with Crippen LogP contribution in [-0.2, 0) is 23.8 Å². The lowest BCUT2D eigenvalue weighted by Crippen LogP contribution is -2.61. The molecule has 1 saturated heterocycles. The molecule has 6 N–H and O–H groups in total. The van der Waals surface area contributed by atoms with Crippen LogP contribution in [0.1, 0.15) is 329 Å². The maximum Gasteiger partial charge on any atom is 0.306 e. The predicted molar refractivity (Wildman–Crippen MR) is 315 cm³/mol. The average Bonchev–Trinajstić information content (AvgIpc) is 3.42. The number of carbonyl (C=O) groups is 2. The van der Waals surface area contributed by atoms with Gasteiger partial charge in [-0.2, -0.15) is 0 Å². The first kappa shape index (κ1) is 72.4. The number of carbonyl (C=O) groups excluding carboxylic acids is 2. The number of aliphatic hydroxyl groups excluding tert-OH is 5. The number of amides is 1. The summed E-state index contributed by atoms with van der Waals surface area (Å²) in [5.74, 6) is -1.17. The van der Waals surface area contributed by atoms with Crippen molar-refractivity contribution in [3.05, 3.63) is 12.2 Å². The Morgan fingerprint density at radius 1 is 0.500 bits per heavy atom. The molecule has 0 aromatic heterocycles. The Labute approximate surface area is 468 Å². The number of allylic oxidation sites excluding steroid dienone is 1. The maximum atomic E-state index is 13.4. The molecule has 0 aliphatic carbocycles. The molecule has 0 spiro atoms. The lowest BCUT2D eigenvalue weighted by Gasteiger charge is -2.41. The van der Waals surface area contributed by atoms with E-state index in [4.69, 9.17) is 14.2 Å².